The van der Waals surface area contributed by atoms with Gasteiger partial charge in [0.25, 0.3) is 0 Å². The van der Waals surface area contributed by atoms with E-state index < -0.39 is 16.0 Å². The number of rotatable bonds is 5. The first-order valence-electron chi connectivity index (χ1n) is 6.54. The number of ether oxygens (including phenoxy) is 1. The van der Waals surface area contributed by atoms with Gasteiger partial charge < -0.3 is 9.84 Å². The van der Waals surface area contributed by atoms with Crippen LogP contribution in [0.25, 0.3) is 6.08 Å². The quantitative estimate of drug-likeness (QED) is 0.835. The molecule has 1 aliphatic heterocycles. The van der Waals surface area contributed by atoms with Gasteiger partial charge in [0.05, 0.1) is 7.11 Å². The lowest BCUT2D eigenvalue weighted by molar-refractivity contribution is -0.131. The number of hydrogen-bond donors (Lipinski definition) is 1. The van der Waals surface area contributed by atoms with Crippen LogP contribution in [-0.4, -0.2) is 44.0 Å². The molecule has 2 rings (SSSR count). The molecule has 0 aliphatic carbocycles. The molecule has 0 bridgehead atoms. The Labute approximate surface area is 123 Å². The Morgan fingerprint density at radius 2 is 2.00 bits per heavy atom. The Kier molecular flexibility index (Phi) is 4.64. The van der Waals surface area contributed by atoms with Gasteiger partial charge in [-0.1, -0.05) is 6.07 Å². The maximum atomic E-state index is 12.6. The highest BCUT2D eigenvalue weighted by Gasteiger charge is 2.29. The molecular formula is C14H17NO5S. The van der Waals surface area contributed by atoms with E-state index in [-0.39, 0.29) is 10.6 Å². The van der Waals surface area contributed by atoms with Crippen molar-refractivity contribution >= 4 is 22.1 Å². The number of sulfonamides is 1. The van der Waals surface area contributed by atoms with E-state index in [9.17, 15) is 13.2 Å². The standard InChI is InChI=1S/C14H17NO5S/c1-20-12-6-4-11(5-7-14(16)17)10-13(12)21(18,19)15-8-2-3-9-15/h4-7,10H,2-3,8-9H2,1H3,(H,16,17)/b7-5+. The normalized spacial score (nSPS) is 16.4. The Hall–Kier alpha value is -1.86. The number of benzene rings is 1. The molecule has 1 aliphatic rings. The summed E-state index contributed by atoms with van der Waals surface area (Å²) < 4.78 is 31.8. The van der Waals surface area contributed by atoms with E-state index in [0.717, 1.165) is 18.9 Å². The Morgan fingerprint density at radius 3 is 2.57 bits per heavy atom. The van der Waals surface area contributed by atoms with Gasteiger partial charge in [-0.2, -0.15) is 4.31 Å². The molecule has 7 heteroatoms. The molecule has 21 heavy (non-hydrogen) atoms. The fourth-order valence-electron chi connectivity index (χ4n) is 2.23. The van der Waals surface area contributed by atoms with E-state index in [1.54, 1.807) is 6.07 Å². The zero-order chi connectivity index (χ0) is 15.5. The molecule has 1 aromatic carbocycles. The van der Waals surface area contributed by atoms with Gasteiger partial charge in [-0.3, -0.25) is 0 Å². The Balaban J connectivity index is 2.44. The Bertz CT molecular complexity index is 660. The van der Waals surface area contributed by atoms with Crippen LogP contribution >= 0.6 is 0 Å². The Morgan fingerprint density at radius 1 is 1.33 bits per heavy atom. The van der Waals surface area contributed by atoms with Crippen LogP contribution in [-0.2, 0) is 14.8 Å². The zero-order valence-electron chi connectivity index (χ0n) is 11.7. The number of carbonyl (C=O) groups is 1. The molecule has 0 radical (unpaired) electrons. The number of hydrogen-bond acceptors (Lipinski definition) is 4. The summed E-state index contributed by atoms with van der Waals surface area (Å²) in [7, 11) is -2.21. The second-order valence-corrected chi connectivity index (χ2v) is 6.60. The highest BCUT2D eigenvalue weighted by molar-refractivity contribution is 7.89. The molecule has 0 unspecified atom stereocenters. The molecule has 1 heterocycles. The van der Waals surface area contributed by atoms with Crippen LogP contribution in [0.5, 0.6) is 5.75 Å². The SMILES string of the molecule is COc1ccc(/C=C/C(=O)O)cc1S(=O)(=O)N1CCCC1. The molecule has 1 fully saturated rings. The smallest absolute Gasteiger partial charge is 0.328 e. The van der Waals surface area contributed by atoms with E-state index in [0.29, 0.717) is 18.7 Å². The topological polar surface area (TPSA) is 83.9 Å². The van der Waals surface area contributed by atoms with Gasteiger partial charge in [0, 0.05) is 19.2 Å². The molecule has 1 N–H and O–H groups in total. The van der Waals surface area contributed by atoms with Gasteiger partial charge in [0.2, 0.25) is 10.0 Å². The largest absolute Gasteiger partial charge is 0.495 e. The van der Waals surface area contributed by atoms with Crippen molar-refractivity contribution < 1.29 is 23.1 Å². The zero-order valence-corrected chi connectivity index (χ0v) is 12.5. The molecule has 0 atom stereocenters. The number of methoxy groups -OCH3 is 1. The predicted molar refractivity (Wildman–Crippen MR) is 77.7 cm³/mol. The third-order valence-electron chi connectivity index (χ3n) is 3.29. The highest BCUT2D eigenvalue weighted by atomic mass is 32.2. The number of nitrogens with zero attached hydrogens (tertiary/aromatic N) is 1. The number of carboxylic acid groups (broad SMARTS) is 1. The van der Waals surface area contributed by atoms with Crippen LogP contribution in [0.2, 0.25) is 0 Å². The van der Waals surface area contributed by atoms with Crippen molar-refractivity contribution in [3.05, 3.63) is 29.8 Å². The number of carboxylic acids is 1. The van der Waals surface area contributed by atoms with E-state index in [2.05, 4.69) is 0 Å². The first kappa shape index (κ1) is 15.5. The first-order chi connectivity index (χ1) is 9.95. The molecule has 114 valence electrons. The second kappa shape index (κ2) is 6.28. The summed E-state index contributed by atoms with van der Waals surface area (Å²) in [6, 6.07) is 4.58. The van der Waals surface area contributed by atoms with Gasteiger partial charge >= 0.3 is 5.97 Å². The lowest BCUT2D eigenvalue weighted by Gasteiger charge is -2.18. The van der Waals surface area contributed by atoms with E-state index in [1.165, 1.54) is 29.6 Å². The minimum Gasteiger partial charge on any atom is -0.495 e. The maximum Gasteiger partial charge on any atom is 0.328 e. The lowest BCUT2D eigenvalue weighted by Crippen LogP contribution is -2.28. The summed E-state index contributed by atoms with van der Waals surface area (Å²) in [6.45, 7) is 1.00. The van der Waals surface area contributed by atoms with Gasteiger partial charge in [-0.05, 0) is 36.6 Å². The van der Waals surface area contributed by atoms with Crippen LogP contribution < -0.4 is 4.74 Å². The van der Waals surface area contributed by atoms with Crippen LogP contribution in [0, 0.1) is 0 Å². The van der Waals surface area contributed by atoms with Gasteiger partial charge in [-0.25, -0.2) is 13.2 Å². The van der Waals surface area contributed by atoms with Crippen molar-refractivity contribution in [1.29, 1.82) is 0 Å². The average molecular weight is 311 g/mol. The van der Waals surface area contributed by atoms with E-state index >= 15 is 0 Å². The molecule has 6 nitrogen and oxygen atoms in total. The van der Waals surface area contributed by atoms with Crippen LogP contribution in [0.3, 0.4) is 0 Å². The molecule has 0 saturated carbocycles. The maximum absolute atomic E-state index is 12.6. The molecule has 0 aromatic heterocycles. The average Bonchev–Trinajstić information content (AvgIpc) is 2.99. The van der Waals surface area contributed by atoms with Crippen molar-refractivity contribution in [3.8, 4) is 5.75 Å². The van der Waals surface area contributed by atoms with Crippen molar-refractivity contribution in [2.45, 2.75) is 17.7 Å². The molecule has 0 amide bonds. The summed E-state index contributed by atoms with van der Waals surface area (Å²) in [5, 5.41) is 8.64. The van der Waals surface area contributed by atoms with Crippen LogP contribution in [0.4, 0.5) is 0 Å². The molecule has 1 aromatic rings. The van der Waals surface area contributed by atoms with Gasteiger partial charge in [0.15, 0.2) is 0 Å². The minimum atomic E-state index is -3.62. The first-order valence-corrected chi connectivity index (χ1v) is 7.98. The minimum absolute atomic E-state index is 0.0689. The fourth-order valence-corrected chi connectivity index (χ4v) is 3.94. The van der Waals surface area contributed by atoms with Crippen molar-refractivity contribution in [1.82, 2.24) is 4.31 Å². The molecule has 1 saturated heterocycles. The third kappa shape index (κ3) is 3.43. The van der Waals surface area contributed by atoms with Crippen LogP contribution in [0.1, 0.15) is 18.4 Å². The van der Waals surface area contributed by atoms with E-state index in [4.69, 9.17) is 9.84 Å². The fraction of sp³-hybridized carbons (Fsp3) is 0.357. The highest BCUT2D eigenvalue weighted by Crippen LogP contribution is 2.30. The molecule has 0 spiro atoms. The second-order valence-electron chi connectivity index (χ2n) is 4.69. The van der Waals surface area contributed by atoms with Gasteiger partial charge in [-0.15, -0.1) is 0 Å². The van der Waals surface area contributed by atoms with Crippen molar-refractivity contribution in [2.75, 3.05) is 20.2 Å². The summed E-state index contributed by atoms with van der Waals surface area (Å²) in [6.07, 6.45) is 4.01. The van der Waals surface area contributed by atoms with Crippen molar-refractivity contribution in [3.63, 3.8) is 0 Å². The summed E-state index contributed by atoms with van der Waals surface area (Å²) in [5.41, 5.74) is 0.496. The van der Waals surface area contributed by atoms with Gasteiger partial charge in [0.1, 0.15) is 10.6 Å². The summed E-state index contributed by atoms with van der Waals surface area (Å²) in [5.74, 6) is -0.829. The summed E-state index contributed by atoms with van der Waals surface area (Å²) >= 11 is 0. The van der Waals surface area contributed by atoms with Crippen molar-refractivity contribution in [2.24, 2.45) is 0 Å². The number of aliphatic carboxylic acids is 1. The van der Waals surface area contributed by atoms with Crippen LogP contribution in [0.15, 0.2) is 29.2 Å². The third-order valence-corrected chi connectivity index (χ3v) is 5.21. The predicted octanol–water partition coefficient (Wildman–Crippen LogP) is 1.58. The van der Waals surface area contributed by atoms with E-state index in [1.807, 2.05) is 0 Å². The monoisotopic (exact) mass is 311 g/mol. The summed E-state index contributed by atoms with van der Waals surface area (Å²) in [4.78, 5) is 10.6. The lowest BCUT2D eigenvalue weighted by atomic mass is 10.2. The molecular weight excluding hydrogens is 294 g/mol.